The van der Waals surface area contributed by atoms with Gasteiger partial charge >= 0.3 is 0 Å². The third-order valence-electron chi connectivity index (χ3n) is 0.992. The van der Waals surface area contributed by atoms with Crippen molar-refractivity contribution in [3.63, 3.8) is 0 Å². The van der Waals surface area contributed by atoms with E-state index in [9.17, 15) is 0 Å². The molecular formula is C6H14N2. The molecule has 8 heavy (non-hydrogen) atoms. The van der Waals surface area contributed by atoms with Crippen molar-refractivity contribution in [3.8, 4) is 0 Å². The maximum Gasteiger partial charge on any atom is 0.0192 e. The van der Waals surface area contributed by atoms with Crippen LogP contribution in [0, 0.1) is 13.1 Å². The molecule has 2 heteroatoms. The Morgan fingerprint density at radius 3 is 1.50 bits per heavy atom. The van der Waals surface area contributed by atoms with Crippen LogP contribution >= 0.6 is 0 Å². The molecule has 0 aromatic rings. The van der Waals surface area contributed by atoms with Gasteiger partial charge in [-0.3, -0.25) is 0 Å². The van der Waals surface area contributed by atoms with Gasteiger partial charge in [-0.1, -0.05) is 12.8 Å². The summed E-state index contributed by atoms with van der Waals surface area (Å²) in [7, 11) is 0. The van der Waals surface area contributed by atoms with Gasteiger partial charge in [-0.15, -0.1) is 0 Å². The lowest BCUT2D eigenvalue weighted by atomic mass is 10.2. The zero-order valence-electron chi connectivity index (χ0n) is 5.14. The summed E-state index contributed by atoms with van der Waals surface area (Å²) in [5.74, 6) is 0. The van der Waals surface area contributed by atoms with Crippen LogP contribution in [0.15, 0.2) is 0 Å². The summed E-state index contributed by atoms with van der Waals surface area (Å²) in [5, 5.41) is 0. The SMILES string of the molecule is N[CH]CCCC[CH]N. The lowest BCUT2D eigenvalue weighted by molar-refractivity contribution is 0.712. The molecule has 4 N–H and O–H groups in total. The highest BCUT2D eigenvalue weighted by Gasteiger charge is 1.84. The van der Waals surface area contributed by atoms with Crippen LogP contribution in [0.3, 0.4) is 0 Å². The molecule has 0 bridgehead atoms. The van der Waals surface area contributed by atoms with Gasteiger partial charge in [0.05, 0.1) is 0 Å². The van der Waals surface area contributed by atoms with E-state index in [1.807, 2.05) is 0 Å². The number of hydrogen-bond acceptors (Lipinski definition) is 2. The Bertz CT molecular complexity index is 31.5. The molecule has 0 aromatic heterocycles. The molecule has 0 saturated heterocycles. The average molecular weight is 114 g/mol. The number of hydrogen-bond donors (Lipinski definition) is 2. The number of rotatable bonds is 5. The standard InChI is InChI=1S/C6H14N2/c7-5-3-1-2-4-6-8/h5-6H,1-4,7-8H2. The van der Waals surface area contributed by atoms with E-state index in [4.69, 9.17) is 11.5 Å². The first kappa shape index (κ1) is 7.92. The molecule has 0 fully saturated rings. The second kappa shape index (κ2) is 6.92. The lowest BCUT2D eigenvalue weighted by Crippen LogP contribution is -1.92. The predicted octanol–water partition coefficient (Wildman–Crippen LogP) is 0.788. The van der Waals surface area contributed by atoms with Crippen molar-refractivity contribution in [2.45, 2.75) is 25.7 Å². The highest BCUT2D eigenvalue weighted by molar-refractivity contribution is 4.57. The molecule has 0 aliphatic heterocycles. The minimum Gasteiger partial charge on any atom is -0.326 e. The predicted molar refractivity (Wildman–Crippen MR) is 35.4 cm³/mol. The van der Waals surface area contributed by atoms with Gasteiger partial charge in [0.2, 0.25) is 0 Å². The van der Waals surface area contributed by atoms with Gasteiger partial charge < -0.3 is 11.5 Å². The van der Waals surface area contributed by atoms with Crippen molar-refractivity contribution in [1.82, 2.24) is 0 Å². The van der Waals surface area contributed by atoms with E-state index >= 15 is 0 Å². The van der Waals surface area contributed by atoms with E-state index in [0.717, 1.165) is 25.7 Å². The molecule has 2 nitrogen and oxygen atoms in total. The largest absolute Gasteiger partial charge is 0.326 e. The summed E-state index contributed by atoms with van der Waals surface area (Å²) in [5.41, 5.74) is 10.3. The molecule has 2 radical (unpaired) electrons. The van der Waals surface area contributed by atoms with Gasteiger partial charge in [0.15, 0.2) is 0 Å². The van der Waals surface area contributed by atoms with Gasteiger partial charge in [-0.05, 0) is 12.8 Å². The fraction of sp³-hybridized carbons (Fsp3) is 0.667. The van der Waals surface area contributed by atoms with Crippen LogP contribution in [0.1, 0.15) is 25.7 Å². The van der Waals surface area contributed by atoms with Gasteiger partial charge in [0.1, 0.15) is 0 Å². The Hall–Kier alpha value is -0.0800. The summed E-state index contributed by atoms with van der Waals surface area (Å²) >= 11 is 0. The topological polar surface area (TPSA) is 52.0 Å². The summed E-state index contributed by atoms with van der Waals surface area (Å²) < 4.78 is 0. The van der Waals surface area contributed by atoms with Gasteiger partial charge in [-0.25, -0.2) is 0 Å². The number of nitrogens with two attached hydrogens (primary N) is 2. The first-order chi connectivity index (χ1) is 3.91. The van der Waals surface area contributed by atoms with Crippen LogP contribution in [0.25, 0.3) is 0 Å². The fourth-order valence-corrected chi connectivity index (χ4v) is 0.524. The minimum atomic E-state index is 1.01. The minimum absolute atomic E-state index is 1.01. The average Bonchev–Trinajstić information content (AvgIpc) is 1.81. The third-order valence-corrected chi connectivity index (χ3v) is 0.992. The highest BCUT2D eigenvalue weighted by Crippen LogP contribution is 1.98. The number of unbranched alkanes of at least 4 members (excludes halogenated alkanes) is 3. The van der Waals surface area contributed by atoms with E-state index in [0.29, 0.717) is 0 Å². The maximum absolute atomic E-state index is 5.14. The van der Waals surface area contributed by atoms with Crippen LogP contribution in [0.2, 0.25) is 0 Å². The van der Waals surface area contributed by atoms with Crippen LogP contribution in [0.4, 0.5) is 0 Å². The zero-order chi connectivity index (χ0) is 6.24. The van der Waals surface area contributed by atoms with E-state index in [1.54, 1.807) is 13.1 Å². The summed E-state index contributed by atoms with van der Waals surface area (Å²) in [4.78, 5) is 0. The fourth-order valence-electron chi connectivity index (χ4n) is 0.524. The Labute approximate surface area is 51.2 Å². The molecular weight excluding hydrogens is 100 g/mol. The second-order valence-corrected chi connectivity index (χ2v) is 1.76. The van der Waals surface area contributed by atoms with Gasteiger partial charge in [0.25, 0.3) is 0 Å². The summed E-state index contributed by atoms with van der Waals surface area (Å²) in [6.07, 6.45) is 4.33. The molecule has 0 heterocycles. The maximum atomic E-state index is 5.14. The van der Waals surface area contributed by atoms with Crippen molar-refractivity contribution in [2.24, 2.45) is 11.5 Å². The molecule has 0 aliphatic carbocycles. The lowest BCUT2D eigenvalue weighted by Gasteiger charge is -1.93. The van der Waals surface area contributed by atoms with Crippen molar-refractivity contribution in [2.75, 3.05) is 0 Å². The normalized spacial score (nSPS) is 9.75. The van der Waals surface area contributed by atoms with E-state index in [1.165, 1.54) is 0 Å². The summed E-state index contributed by atoms with van der Waals surface area (Å²) in [6.45, 7) is 3.38. The highest BCUT2D eigenvalue weighted by atomic mass is 14.5. The molecule has 48 valence electrons. The Morgan fingerprint density at radius 2 is 1.25 bits per heavy atom. The van der Waals surface area contributed by atoms with Gasteiger partial charge in [0, 0.05) is 13.1 Å². The van der Waals surface area contributed by atoms with Crippen LogP contribution < -0.4 is 11.5 Å². The van der Waals surface area contributed by atoms with E-state index < -0.39 is 0 Å². The van der Waals surface area contributed by atoms with Crippen molar-refractivity contribution in [1.29, 1.82) is 0 Å². The van der Waals surface area contributed by atoms with Crippen LogP contribution in [-0.2, 0) is 0 Å². The Kier molecular flexibility index (Phi) is 6.85. The smallest absolute Gasteiger partial charge is 0.0192 e. The quantitative estimate of drug-likeness (QED) is 0.519. The monoisotopic (exact) mass is 114 g/mol. The van der Waals surface area contributed by atoms with Crippen molar-refractivity contribution in [3.05, 3.63) is 13.1 Å². The molecule has 0 saturated carbocycles. The van der Waals surface area contributed by atoms with E-state index in [-0.39, 0.29) is 0 Å². The molecule has 0 unspecified atom stereocenters. The molecule has 0 aromatic carbocycles. The van der Waals surface area contributed by atoms with Crippen molar-refractivity contribution < 1.29 is 0 Å². The first-order valence-electron chi connectivity index (χ1n) is 2.98. The first-order valence-corrected chi connectivity index (χ1v) is 2.98. The van der Waals surface area contributed by atoms with Crippen LogP contribution in [-0.4, -0.2) is 0 Å². The molecule has 0 amide bonds. The Balaban J connectivity index is 2.53. The van der Waals surface area contributed by atoms with Gasteiger partial charge in [-0.2, -0.15) is 0 Å². The molecule has 0 spiro atoms. The van der Waals surface area contributed by atoms with E-state index in [2.05, 4.69) is 0 Å². The summed E-state index contributed by atoms with van der Waals surface area (Å²) in [6, 6.07) is 0. The second-order valence-electron chi connectivity index (χ2n) is 1.76. The van der Waals surface area contributed by atoms with Crippen molar-refractivity contribution >= 4 is 0 Å². The third kappa shape index (κ3) is 5.92. The Morgan fingerprint density at radius 1 is 0.875 bits per heavy atom. The van der Waals surface area contributed by atoms with Crippen LogP contribution in [0.5, 0.6) is 0 Å². The zero-order valence-corrected chi connectivity index (χ0v) is 5.14. The molecule has 0 rings (SSSR count). The molecule has 0 aliphatic rings. The molecule has 0 atom stereocenters.